The molecular formula is C20H25F3N4O4S. The topological polar surface area (TPSA) is 99.7 Å². The lowest BCUT2D eigenvalue weighted by Crippen LogP contribution is -2.45. The van der Waals surface area contributed by atoms with E-state index in [1.54, 1.807) is 12.1 Å². The number of hydrogen-bond acceptors (Lipinski definition) is 6. The van der Waals surface area contributed by atoms with Gasteiger partial charge in [-0.25, -0.2) is 8.78 Å². The van der Waals surface area contributed by atoms with Crippen molar-refractivity contribution in [3.8, 4) is 0 Å². The second-order valence-corrected chi connectivity index (χ2v) is 9.45. The zero-order valence-electron chi connectivity index (χ0n) is 17.7. The number of likely N-dealkylation sites (tertiary alicyclic amines) is 1. The van der Waals surface area contributed by atoms with Crippen LogP contribution >= 0.6 is 0 Å². The van der Waals surface area contributed by atoms with Crippen LogP contribution in [0.1, 0.15) is 32.1 Å². The molecule has 176 valence electrons. The van der Waals surface area contributed by atoms with Crippen LogP contribution in [-0.4, -0.2) is 67.6 Å². The molecule has 0 aliphatic carbocycles. The summed E-state index contributed by atoms with van der Waals surface area (Å²) in [7, 11) is -3.52. The number of carbonyl (C=O) groups is 2. The molecule has 2 amide bonds. The molecule has 12 heteroatoms. The van der Waals surface area contributed by atoms with Gasteiger partial charge in [0.15, 0.2) is 5.37 Å². The van der Waals surface area contributed by atoms with E-state index in [4.69, 9.17) is 0 Å². The Bertz CT molecular complexity index is 1160. The summed E-state index contributed by atoms with van der Waals surface area (Å²) in [5, 5.41) is 0.538. The van der Waals surface area contributed by atoms with E-state index in [0.717, 1.165) is 5.69 Å². The van der Waals surface area contributed by atoms with Crippen LogP contribution in [0, 0.1) is 0 Å². The van der Waals surface area contributed by atoms with Crippen molar-refractivity contribution in [1.82, 2.24) is 15.2 Å². The minimum absolute atomic E-state index is 0. The van der Waals surface area contributed by atoms with Gasteiger partial charge in [-0.2, -0.15) is 8.42 Å². The Morgan fingerprint density at radius 2 is 2.03 bits per heavy atom. The Morgan fingerprint density at radius 1 is 1.34 bits per heavy atom. The number of rotatable bonds is 6. The number of anilines is 1. The fourth-order valence-corrected chi connectivity index (χ4v) is 4.42. The van der Waals surface area contributed by atoms with Crippen LogP contribution in [0.2, 0.25) is 0 Å². The monoisotopic (exact) mass is 474 g/mol. The number of nitrogens with zero attached hydrogens (tertiary/aromatic N) is 3. The number of halogens is 3. The Labute approximate surface area is 185 Å². The van der Waals surface area contributed by atoms with Gasteiger partial charge in [0.1, 0.15) is 0 Å². The van der Waals surface area contributed by atoms with Crippen LogP contribution in [-0.2, 0) is 15.0 Å². The van der Waals surface area contributed by atoms with Gasteiger partial charge >= 0.3 is 10.2 Å². The fourth-order valence-electron chi connectivity index (χ4n) is 3.48. The normalized spacial score (nSPS) is 18.2. The van der Waals surface area contributed by atoms with Crippen LogP contribution in [0.3, 0.4) is 0 Å². The Morgan fingerprint density at radius 3 is 2.66 bits per heavy atom. The first kappa shape index (κ1) is 23.8. The number of fused-ring (bicyclic) bond motifs is 1. The van der Waals surface area contributed by atoms with Gasteiger partial charge < -0.3 is 15.1 Å². The standard InChI is InChI=1S/C20H23F3N4O4S.H2/c1-12(2)26(3)13-4-5-16-15(8-13)14(6-7-24-16)19(29)25-10-17(28)27-11-20(21,22)9-18(27)32(23,30)31;/h4-8,12,18H,9-11H2,1-3H3,(H,25,29);1H. The molecule has 2 heterocycles. The highest BCUT2D eigenvalue weighted by molar-refractivity contribution is 7.87. The molecule has 1 N–H and O–H groups in total. The summed E-state index contributed by atoms with van der Waals surface area (Å²) >= 11 is 0. The van der Waals surface area contributed by atoms with E-state index < -0.39 is 52.8 Å². The zero-order chi connectivity index (χ0) is 23.8. The van der Waals surface area contributed by atoms with Gasteiger partial charge in [0.05, 0.1) is 30.6 Å². The number of alkyl halides is 2. The van der Waals surface area contributed by atoms with E-state index >= 15 is 0 Å². The molecule has 32 heavy (non-hydrogen) atoms. The minimum atomic E-state index is -5.41. The first-order valence-electron chi connectivity index (χ1n) is 9.81. The van der Waals surface area contributed by atoms with Crippen LogP contribution in [0.5, 0.6) is 0 Å². The number of carbonyl (C=O) groups excluding carboxylic acids is 2. The molecule has 1 atom stereocenters. The number of hydrogen-bond donors (Lipinski definition) is 1. The molecule has 0 spiro atoms. The summed E-state index contributed by atoms with van der Waals surface area (Å²) in [6.07, 6.45) is 0.0876. The Kier molecular flexibility index (Phi) is 6.36. The van der Waals surface area contributed by atoms with Gasteiger partial charge in [-0.05, 0) is 38.1 Å². The highest BCUT2D eigenvalue weighted by atomic mass is 32.3. The number of aromatic nitrogens is 1. The van der Waals surface area contributed by atoms with E-state index in [1.165, 1.54) is 12.3 Å². The van der Waals surface area contributed by atoms with E-state index in [9.17, 15) is 30.7 Å². The van der Waals surface area contributed by atoms with Gasteiger partial charge in [-0.1, -0.05) is 0 Å². The lowest BCUT2D eigenvalue weighted by atomic mass is 10.1. The van der Waals surface area contributed by atoms with E-state index in [-0.39, 0.29) is 17.9 Å². The maximum absolute atomic E-state index is 13.6. The molecule has 0 saturated carbocycles. The van der Waals surface area contributed by atoms with Crippen molar-refractivity contribution < 1.29 is 32.1 Å². The maximum atomic E-state index is 13.6. The van der Waals surface area contributed by atoms with E-state index in [2.05, 4.69) is 10.3 Å². The molecule has 1 aliphatic heterocycles. The third-order valence-corrected chi connectivity index (χ3v) is 6.49. The van der Waals surface area contributed by atoms with Gasteiger partial charge in [-0.15, -0.1) is 3.89 Å². The third-order valence-electron chi connectivity index (χ3n) is 5.42. The largest absolute Gasteiger partial charge is 0.372 e. The van der Waals surface area contributed by atoms with Crippen molar-refractivity contribution in [3.63, 3.8) is 0 Å². The van der Waals surface area contributed by atoms with Crippen molar-refractivity contribution >= 4 is 38.6 Å². The van der Waals surface area contributed by atoms with Crippen LogP contribution in [0.4, 0.5) is 18.4 Å². The zero-order valence-corrected chi connectivity index (χ0v) is 18.5. The third kappa shape index (κ3) is 4.95. The molecule has 1 fully saturated rings. The van der Waals surface area contributed by atoms with Crippen molar-refractivity contribution in [2.24, 2.45) is 0 Å². The van der Waals surface area contributed by atoms with Crippen molar-refractivity contribution in [2.45, 2.75) is 37.6 Å². The molecule has 1 aromatic heterocycles. The van der Waals surface area contributed by atoms with Gasteiger partial charge in [-0.3, -0.25) is 14.6 Å². The average molecular weight is 475 g/mol. The summed E-state index contributed by atoms with van der Waals surface area (Å²) in [6, 6.07) is 7.00. The Hall–Kier alpha value is -2.89. The van der Waals surface area contributed by atoms with Crippen LogP contribution in [0.25, 0.3) is 10.9 Å². The molecule has 1 aromatic carbocycles. The average Bonchev–Trinajstić information content (AvgIpc) is 3.06. The quantitative estimate of drug-likeness (QED) is 0.646. The highest BCUT2D eigenvalue weighted by Gasteiger charge is 2.52. The molecule has 1 saturated heterocycles. The summed E-state index contributed by atoms with van der Waals surface area (Å²) in [5.41, 5.74) is 1.57. The molecule has 2 aromatic rings. The predicted octanol–water partition coefficient (Wildman–Crippen LogP) is 2.55. The summed E-state index contributed by atoms with van der Waals surface area (Å²) in [6.45, 7) is 1.99. The number of benzene rings is 1. The first-order chi connectivity index (χ1) is 14.8. The second-order valence-electron chi connectivity index (χ2n) is 7.96. The van der Waals surface area contributed by atoms with E-state index in [1.807, 2.05) is 31.9 Å². The molecule has 1 aliphatic rings. The smallest absolute Gasteiger partial charge is 0.323 e. The van der Waals surface area contributed by atoms with E-state index in [0.29, 0.717) is 10.9 Å². The van der Waals surface area contributed by atoms with Crippen LogP contribution in [0.15, 0.2) is 30.5 Å². The summed E-state index contributed by atoms with van der Waals surface area (Å²) in [5.74, 6) is -5.34. The van der Waals surface area contributed by atoms with Crippen molar-refractivity contribution in [2.75, 3.05) is 25.0 Å². The second kappa shape index (κ2) is 8.57. The molecule has 8 nitrogen and oxygen atoms in total. The predicted molar refractivity (Wildman–Crippen MR) is 115 cm³/mol. The van der Waals surface area contributed by atoms with Crippen molar-refractivity contribution in [3.05, 3.63) is 36.0 Å². The lowest BCUT2D eigenvalue weighted by molar-refractivity contribution is -0.131. The molecule has 3 rings (SSSR count). The number of amides is 2. The fraction of sp³-hybridized carbons (Fsp3) is 0.450. The molecule has 0 bridgehead atoms. The lowest BCUT2D eigenvalue weighted by Gasteiger charge is -2.24. The van der Waals surface area contributed by atoms with Gasteiger partial charge in [0, 0.05) is 31.8 Å². The molecule has 0 radical (unpaired) electrons. The van der Waals surface area contributed by atoms with Gasteiger partial charge in [0.25, 0.3) is 11.8 Å². The van der Waals surface area contributed by atoms with Crippen LogP contribution < -0.4 is 10.2 Å². The summed E-state index contributed by atoms with van der Waals surface area (Å²) < 4.78 is 63.0. The Balaban J connectivity index is 0.00000385. The number of nitrogens with one attached hydrogen (secondary N) is 1. The molecular weight excluding hydrogens is 449 g/mol. The van der Waals surface area contributed by atoms with Gasteiger partial charge in [0.2, 0.25) is 5.91 Å². The number of pyridine rings is 1. The SMILES string of the molecule is CC(C)N(C)c1ccc2nccc(C(=O)NCC(=O)N3CC(F)(F)CC3S(=O)(=O)F)c2c1.[HH]. The maximum Gasteiger partial charge on any atom is 0.323 e. The first-order valence-corrected chi connectivity index (χ1v) is 11.3. The molecule has 1 unspecified atom stereocenters. The summed E-state index contributed by atoms with van der Waals surface area (Å²) in [4.78, 5) is 31.5. The minimum Gasteiger partial charge on any atom is -0.372 e. The highest BCUT2D eigenvalue weighted by Crippen LogP contribution is 2.35. The van der Waals surface area contributed by atoms with Crippen molar-refractivity contribution in [1.29, 1.82) is 0 Å².